The number of fused-ring (bicyclic) bond motifs is 1. The maximum absolute atomic E-state index is 12.6. The molecule has 31 heavy (non-hydrogen) atoms. The molecular weight excluding hydrogens is 386 g/mol. The smallest absolute Gasteiger partial charge is 0.222 e. The summed E-state index contributed by atoms with van der Waals surface area (Å²) in [5.74, 6) is 0.918. The van der Waals surface area contributed by atoms with Crippen molar-refractivity contribution >= 4 is 11.6 Å². The summed E-state index contributed by atoms with van der Waals surface area (Å²) in [6, 6.07) is 12.7. The Morgan fingerprint density at radius 2 is 2.00 bits per heavy atom. The number of amides is 1. The fourth-order valence-corrected chi connectivity index (χ4v) is 4.86. The Morgan fingerprint density at radius 3 is 2.77 bits per heavy atom. The molecule has 160 valence electrons. The molecule has 1 N–H and O–H groups in total. The number of rotatable bonds is 6. The van der Waals surface area contributed by atoms with E-state index in [1.807, 2.05) is 30.6 Å². The van der Waals surface area contributed by atoms with E-state index in [9.17, 15) is 4.79 Å². The third kappa shape index (κ3) is 4.48. The molecule has 1 saturated heterocycles. The zero-order valence-corrected chi connectivity index (χ0v) is 17.8. The predicted molar refractivity (Wildman–Crippen MR) is 122 cm³/mol. The molecule has 2 aliphatic rings. The molecule has 0 aliphatic carbocycles. The largest absolute Gasteiger partial charge is 0.371 e. The molecule has 0 unspecified atom stereocenters. The standard InChI is InChI=1S/C25H29N5O/c31-25(7-5-23-3-1-2-11-26-23)29-12-8-19(9-13-29)18-30-14-10-21-15-20(4-6-24(21)30)22-16-27-28-17-22/h1-4,6,11,15-17,19H,5,7-10,12-14,18H2,(H,27,28). The minimum Gasteiger partial charge on any atom is -0.371 e. The second-order valence-electron chi connectivity index (χ2n) is 8.67. The predicted octanol–water partition coefficient (Wildman–Crippen LogP) is 3.71. The number of hydrogen-bond acceptors (Lipinski definition) is 4. The molecule has 1 fully saturated rings. The Labute approximate surface area is 183 Å². The number of hydrogen-bond donors (Lipinski definition) is 1. The van der Waals surface area contributed by atoms with Crippen LogP contribution in [0.15, 0.2) is 55.0 Å². The molecule has 3 aromatic rings. The van der Waals surface area contributed by atoms with Crippen LogP contribution in [0.3, 0.4) is 0 Å². The van der Waals surface area contributed by atoms with Crippen molar-refractivity contribution in [1.29, 1.82) is 0 Å². The maximum atomic E-state index is 12.6. The van der Waals surface area contributed by atoms with Crippen LogP contribution in [0.2, 0.25) is 0 Å². The normalized spacial score (nSPS) is 16.5. The van der Waals surface area contributed by atoms with Crippen molar-refractivity contribution in [2.45, 2.75) is 32.1 Å². The van der Waals surface area contributed by atoms with Crippen LogP contribution < -0.4 is 4.90 Å². The highest BCUT2D eigenvalue weighted by atomic mass is 16.2. The summed E-state index contributed by atoms with van der Waals surface area (Å²) in [6.45, 7) is 3.94. The zero-order chi connectivity index (χ0) is 21.0. The summed E-state index contributed by atoms with van der Waals surface area (Å²) >= 11 is 0. The van der Waals surface area contributed by atoms with Crippen LogP contribution in [-0.2, 0) is 17.6 Å². The number of benzene rings is 1. The van der Waals surface area contributed by atoms with Crippen LogP contribution in [0.5, 0.6) is 0 Å². The van der Waals surface area contributed by atoms with Gasteiger partial charge in [-0.05, 0) is 67.0 Å². The number of aryl methyl sites for hydroxylation is 1. The van der Waals surface area contributed by atoms with E-state index >= 15 is 0 Å². The van der Waals surface area contributed by atoms with Crippen LogP contribution in [-0.4, -0.2) is 52.2 Å². The van der Waals surface area contributed by atoms with Gasteiger partial charge in [0.15, 0.2) is 0 Å². The van der Waals surface area contributed by atoms with Crippen molar-refractivity contribution in [3.63, 3.8) is 0 Å². The van der Waals surface area contributed by atoms with E-state index in [0.717, 1.165) is 63.1 Å². The number of aromatic nitrogens is 3. The first kappa shape index (κ1) is 19.8. The molecule has 1 aromatic carbocycles. The minimum absolute atomic E-state index is 0.266. The lowest BCUT2D eigenvalue weighted by atomic mass is 9.95. The van der Waals surface area contributed by atoms with E-state index < -0.39 is 0 Å². The van der Waals surface area contributed by atoms with Crippen molar-refractivity contribution < 1.29 is 4.79 Å². The van der Waals surface area contributed by atoms with Gasteiger partial charge >= 0.3 is 0 Å². The number of H-pyrrole nitrogens is 1. The SMILES string of the molecule is O=C(CCc1ccccn1)N1CCC(CN2CCc3cc(-c4cn[nH]c4)ccc32)CC1. The van der Waals surface area contributed by atoms with Gasteiger partial charge in [-0.2, -0.15) is 5.10 Å². The maximum Gasteiger partial charge on any atom is 0.222 e. The first-order valence-electron chi connectivity index (χ1n) is 11.3. The third-order valence-corrected chi connectivity index (χ3v) is 6.67. The molecule has 0 spiro atoms. The Balaban J connectivity index is 1.12. The lowest BCUT2D eigenvalue weighted by Gasteiger charge is -2.34. The van der Waals surface area contributed by atoms with Gasteiger partial charge in [0.05, 0.1) is 6.20 Å². The Kier molecular flexibility index (Phi) is 5.69. The second-order valence-corrected chi connectivity index (χ2v) is 8.67. The molecule has 0 saturated carbocycles. The van der Waals surface area contributed by atoms with Crippen LogP contribution in [0, 0.1) is 5.92 Å². The van der Waals surface area contributed by atoms with Gasteiger partial charge in [0, 0.05) is 61.9 Å². The number of aromatic amines is 1. The minimum atomic E-state index is 0.266. The number of likely N-dealkylation sites (tertiary alicyclic amines) is 1. The first-order valence-corrected chi connectivity index (χ1v) is 11.3. The van der Waals surface area contributed by atoms with E-state index in [1.165, 1.54) is 16.8 Å². The van der Waals surface area contributed by atoms with E-state index in [1.54, 1.807) is 6.20 Å². The summed E-state index contributed by atoms with van der Waals surface area (Å²) in [5.41, 5.74) is 6.17. The highest BCUT2D eigenvalue weighted by Gasteiger charge is 2.27. The van der Waals surface area contributed by atoms with Gasteiger partial charge in [-0.1, -0.05) is 12.1 Å². The summed E-state index contributed by atoms with van der Waals surface area (Å²) in [6.07, 6.45) is 10.2. The molecule has 2 aliphatic heterocycles. The lowest BCUT2D eigenvalue weighted by Crippen LogP contribution is -2.41. The van der Waals surface area contributed by atoms with E-state index in [4.69, 9.17) is 0 Å². The average molecular weight is 416 g/mol. The van der Waals surface area contributed by atoms with Gasteiger partial charge in [-0.3, -0.25) is 14.9 Å². The quantitative estimate of drug-likeness (QED) is 0.667. The number of pyridine rings is 1. The van der Waals surface area contributed by atoms with Crippen LogP contribution in [0.1, 0.15) is 30.5 Å². The van der Waals surface area contributed by atoms with E-state index in [2.05, 4.69) is 43.2 Å². The summed E-state index contributed by atoms with van der Waals surface area (Å²) in [7, 11) is 0. The molecule has 5 rings (SSSR count). The van der Waals surface area contributed by atoms with Gasteiger partial charge in [-0.25, -0.2) is 0 Å². The highest BCUT2D eigenvalue weighted by Crippen LogP contribution is 2.33. The number of carbonyl (C=O) groups is 1. The van der Waals surface area contributed by atoms with Crippen LogP contribution in [0.4, 0.5) is 5.69 Å². The molecule has 6 nitrogen and oxygen atoms in total. The Morgan fingerprint density at radius 1 is 1.10 bits per heavy atom. The monoisotopic (exact) mass is 415 g/mol. The Bertz CT molecular complexity index is 1010. The fourth-order valence-electron chi connectivity index (χ4n) is 4.86. The van der Waals surface area contributed by atoms with Gasteiger partial charge in [0.25, 0.3) is 0 Å². The number of nitrogens with one attached hydrogen (secondary N) is 1. The van der Waals surface area contributed by atoms with Crippen molar-refractivity contribution in [3.8, 4) is 11.1 Å². The topological polar surface area (TPSA) is 65.1 Å². The fraction of sp³-hybridized carbons (Fsp3) is 0.400. The van der Waals surface area contributed by atoms with E-state index in [-0.39, 0.29) is 5.91 Å². The van der Waals surface area contributed by atoms with Crippen LogP contribution >= 0.6 is 0 Å². The van der Waals surface area contributed by atoms with Gasteiger partial charge in [0.2, 0.25) is 5.91 Å². The lowest BCUT2D eigenvalue weighted by molar-refractivity contribution is -0.132. The summed E-state index contributed by atoms with van der Waals surface area (Å²) in [5, 5.41) is 6.96. The molecule has 0 atom stereocenters. The third-order valence-electron chi connectivity index (χ3n) is 6.67. The molecule has 2 aromatic heterocycles. The Hall–Kier alpha value is -3.15. The van der Waals surface area contributed by atoms with Gasteiger partial charge in [0.1, 0.15) is 0 Å². The average Bonchev–Trinajstić information content (AvgIpc) is 3.49. The number of anilines is 1. The highest BCUT2D eigenvalue weighted by molar-refractivity contribution is 5.76. The second kappa shape index (κ2) is 8.92. The van der Waals surface area contributed by atoms with E-state index in [0.29, 0.717) is 12.3 Å². The summed E-state index contributed by atoms with van der Waals surface area (Å²) in [4.78, 5) is 21.5. The first-order chi connectivity index (χ1) is 15.3. The van der Waals surface area contributed by atoms with Crippen molar-refractivity contribution in [3.05, 3.63) is 66.2 Å². The number of piperidine rings is 1. The van der Waals surface area contributed by atoms with Crippen LogP contribution in [0.25, 0.3) is 11.1 Å². The molecular formula is C25H29N5O. The number of carbonyl (C=O) groups excluding carboxylic acids is 1. The van der Waals surface area contributed by atoms with Crippen molar-refractivity contribution in [1.82, 2.24) is 20.1 Å². The van der Waals surface area contributed by atoms with Gasteiger partial charge < -0.3 is 9.80 Å². The zero-order valence-electron chi connectivity index (χ0n) is 17.8. The van der Waals surface area contributed by atoms with Gasteiger partial charge in [-0.15, -0.1) is 0 Å². The molecule has 0 radical (unpaired) electrons. The molecule has 1 amide bonds. The molecule has 0 bridgehead atoms. The summed E-state index contributed by atoms with van der Waals surface area (Å²) < 4.78 is 0. The van der Waals surface area contributed by atoms with Crippen molar-refractivity contribution in [2.24, 2.45) is 5.92 Å². The number of nitrogens with zero attached hydrogens (tertiary/aromatic N) is 4. The molecule has 6 heteroatoms. The molecule has 4 heterocycles. The van der Waals surface area contributed by atoms with Crippen molar-refractivity contribution in [2.75, 3.05) is 31.1 Å².